The summed E-state index contributed by atoms with van der Waals surface area (Å²) in [6, 6.07) is 15.5. The van der Waals surface area contributed by atoms with Gasteiger partial charge in [-0.15, -0.1) is 0 Å². The number of Topliss-reactive ketones (excluding diaryl/α,β-unsaturated/α-hetero) is 1. The number of amides is 2. The zero-order chi connectivity index (χ0) is 28.4. The maximum atomic E-state index is 14.2. The minimum Gasteiger partial charge on any atom is -0.426 e. The molecule has 9 heteroatoms. The quantitative estimate of drug-likeness (QED) is 0.384. The van der Waals surface area contributed by atoms with Crippen molar-refractivity contribution in [2.75, 3.05) is 31.5 Å². The summed E-state index contributed by atoms with van der Waals surface area (Å²) in [5.41, 5.74) is 2.88. The molecule has 1 N–H and O–H groups in total. The molecule has 2 aliphatic rings. The Morgan fingerprint density at radius 2 is 1.60 bits per heavy atom. The van der Waals surface area contributed by atoms with Crippen LogP contribution in [-0.2, 0) is 9.59 Å². The van der Waals surface area contributed by atoms with E-state index in [0.29, 0.717) is 48.6 Å². The molecule has 2 atom stereocenters. The maximum absolute atomic E-state index is 14.2. The number of ether oxygens (including phenoxy) is 1. The van der Waals surface area contributed by atoms with Gasteiger partial charge in [0, 0.05) is 62.7 Å². The number of rotatable bonds is 5. The Kier molecular flexibility index (Phi) is 7.64. The molecule has 1 fully saturated rings. The number of fused-ring (bicyclic) bond motifs is 1. The topological polar surface area (TPSA) is 109 Å². The van der Waals surface area contributed by atoms with Crippen molar-refractivity contribution in [3.63, 3.8) is 0 Å². The van der Waals surface area contributed by atoms with Crippen LogP contribution >= 0.6 is 0 Å². The average molecular weight is 541 g/mol. The predicted molar refractivity (Wildman–Crippen MR) is 149 cm³/mol. The molecule has 2 aromatic carbocycles. The third kappa shape index (κ3) is 5.32. The Hall–Kier alpha value is -4.53. The zero-order valence-electron chi connectivity index (χ0n) is 22.8. The summed E-state index contributed by atoms with van der Waals surface area (Å²) in [7, 11) is 0. The minimum absolute atomic E-state index is 0.0830. The molecular weight excluding hydrogens is 508 g/mol. The monoisotopic (exact) mass is 540 g/mol. The Morgan fingerprint density at radius 1 is 0.925 bits per heavy atom. The molecule has 40 heavy (non-hydrogen) atoms. The van der Waals surface area contributed by atoms with Gasteiger partial charge < -0.3 is 19.9 Å². The van der Waals surface area contributed by atoms with Crippen molar-refractivity contribution in [2.45, 2.75) is 32.7 Å². The minimum atomic E-state index is -0.695. The van der Waals surface area contributed by atoms with Gasteiger partial charge in [0.05, 0.1) is 17.5 Å². The van der Waals surface area contributed by atoms with E-state index in [9.17, 15) is 19.2 Å². The van der Waals surface area contributed by atoms with E-state index in [1.54, 1.807) is 58.6 Å². The molecule has 0 spiro atoms. The van der Waals surface area contributed by atoms with Crippen LogP contribution in [0.4, 0.5) is 5.69 Å². The number of hydrogen-bond donors (Lipinski definition) is 1. The summed E-state index contributed by atoms with van der Waals surface area (Å²) in [4.78, 5) is 59.5. The number of benzene rings is 2. The second-order valence-corrected chi connectivity index (χ2v) is 10.4. The third-order valence-corrected chi connectivity index (χ3v) is 7.38. The van der Waals surface area contributed by atoms with Gasteiger partial charge in [-0.1, -0.05) is 32.0 Å². The first-order valence-electron chi connectivity index (χ1n) is 13.4. The van der Waals surface area contributed by atoms with Gasteiger partial charge in [-0.25, -0.2) is 0 Å². The third-order valence-electron chi connectivity index (χ3n) is 7.38. The fraction of sp³-hybridized carbons (Fsp3) is 0.323. The summed E-state index contributed by atoms with van der Waals surface area (Å²) >= 11 is 0. The van der Waals surface area contributed by atoms with Crippen molar-refractivity contribution in [1.29, 1.82) is 0 Å². The molecule has 3 aromatic rings. The van der Waals surface area contributed by atoms with Crippen LogP contribution < -0.4 is 10.1 Å². The lowest BCUT2D eigenvalue weighted by atomic mass is 9.78. The number of nitrogens with zero attached hydrogens (tertiary/aromatic N) is 3. The number of piperazine rings is 1. The van der Waals surface area contributed by atoms with E-state index in [1.165, 1.54) is 6.92 Å². The first-order valence-corrected chi connectivity index (χ1v) is 13.4. The molecular formula is C31H32N4O5. The van der Waals surface area contributed by atoms with E-state index in [2.05, 4.69) is 10.3 Å². The van der Waals surface area contributed by atoms with Crippen molar-refractivity contribution in [3.8, 4) is 5.75 Å². The second-order valence-electron chi connectivity index (χ2n) is 10.4. The normalized spacial score (nSPS) is 18.6. The Labute approximate surface area is 233 Å². The Balaban J connectivity index is 1.47. The highest BCUT2D eigenvalue weighted by atomic mass is 16.5. The van der Waals surface area contributed by atoms with Crippen molar-refractivity contribution >= 4 is 29.3 Å². The molecule has 1 aromatic heterocycles. The average Bonchev–Trinajstić information content (AvgIpc) is 2.96. The molecule has 0 aliphatic carbocycles. The van der Waals surface area contributed by atoms with E-state index < -0.39 is 17.9 Å². The maximum Gasteiger partial charge on any atom is 0.308 e. The molecule has 2 unspecified atom stereocenters. The van der Waals surface area contributed by atoms with E-state index >= 15 is 0 Å². The summed E-state index contributed by atoms with van der Waals surface area (Å²) in [6.45, 7) is 6.93. The van der Waals surface area contributed by atoms with Crippen LogP contribution in [0.15, 0.2) is 67.0 Å². The second kappa shape index (κ2) is 11.3. The molecule has 206 valence electrons. The van der Waals surface area contributed by atoms with Gasteiger partial charge in [0.1, 0.15) is 5.75 Å². The van der Waals surface area contributed by atoms with Gasteiger partial charge in [-0.05, 0) is 47.5 Å². The van der Waals surface area contributed by atoms with Crippen LogP contribution in [0.1, 0.15) is 64.6 Å². The van der Waals surface area contributed by atoms with Gasteiger partial charge >= 0.3 is 5.97 Å². The molecule has 5 rings (SSSR count). The van der Waals surface area contributed by atoms with Gasteiger partial charge in [-0.2, -0.15) is 0 Å². The Bertz CT molecular complexity index is 1450. The first-order chi connectivity index (χ1) is 19.2. The molecule has 0 bridgehead atoms. The number of ketones is 1. The lowest BCUT2D eigenvalue weighted by Gasteiger charge is -2.36. The lowest BCUT2D eigenvalue weighted by molar-refractivity contribution is -0.136. The Morgan fingerprint density at radius 3 is 2.27 bits per heavy atom. The van der Waals surface area contributed by atoms with E-state index in [4.69, 9.17) is 4.74 Å². The van der Waals surface area contributed by atoms with E-state index in [0.717, 1.165) is 5.56 Å². The number of carbonyl (C=O) groups is 4. The highest BCUT2D eigenvalue weighted by Crippen LogP contribution is 2.45. The molecule has 1 saturated heterocycles. The summed E-state index contributed by atoms with van der Waals surface area (Å²) in [5, 5.41) is 3.47. The largest absolute Gasteiger partial charge is 0.426 e. The van der Waals surface area contributed by atoms with Crippen LogP contribution in [0.2, 0.25) is 0 Å². The van der Waals surface area contributed by atoms with Crippen LogP contribution in [0, 0.1) is 5.92 Å². The fourth-order valence-electron chi connectivity index (χ4n) is 5.44. The molecule has 2 aliphatic heterocycles. The molecule has 0 radical (unpaired) electrons. The number of nitrogens with one attached hydrogen (secondary N) is 1. The fourth-order valence-corrected chi connectivity index (χ4v) is 5.44. The molecule has 0 saturated carbocycles. The van der Waals surface area contributed by atoms with Gasteiger partial charge in [-0.3, -0.25) is 24.2 Å². The van der Waals surface area contributed by atoms with Crippen LogP contribution in [0.3, 0.4) is 0 Å². The highest BCUT2D eigenvalue weighted by Gasteiger charge is 2.40. The smallest absolute Gasteiger partial charge is 0.308 e. The van der Waals surface area contributed by atoms with E-state index in [-0.39, 0.29) is 29.3 Å². The number of esters is 1. The lowest BCUT2D eigenvalue weighted by Crippen LogP contribution is -2.51. The van der Waals surface area contributed by atoms with E-state index in [1.807, 2.05) is 32.0 Å². The number of pyridine rings is 1. The summed E-state index contributed by atoms with van der Waals surface area (Å²) in [5.74, 6) is -1.36. The van der Waals surface area contributed by atoms with Crippen LogP contribution in [-0.4, -0.2) is 64.5 Å². The summed E-state index contributed by atoms with van der Waals surface area (Å²) < 4.78 is 5.39. The predicted octanol–water partition coefficient (Wildman–Crippen LogP) is 4.08. The number of anilines is 1. The van der Waals surface area contributed by atoms with Crippen molar-refractivity contribution in [2.24, 2.45) is 5.92 Å². The van der Waals surface area contributed by atoms with Gasteiger partial charge in [0.25, 0.3) is 5.91 Å². The molecule has 2 amide bonds. The summed E-state index contributed by atoms with van der Waals surface area (Å²) in [6.07, 6.45) is 3.35. The number of aromatic nitrogens is 1. The van der Waals surface area contributed by atoms with Gasteiger partial charge in [0.2, 0.25) is 5.91 Å². The van der Waals surface area contributed by atoms with Crippen molar-refractivity contribution < 1.29 is 23.9 Å². The first kappa shape index (κ1) is 27.1. The highest BCUT2D eigenvalue weighted by molar-refractivity contribution is 6.10. The van der Waals surface area contributed by atoms with Crippen molar-refractivity contribution in [1.82, 2.24) is 14.8 Å². The van der Waals surface area contributed by atoms with Crippen LogP contribution in [0.25, 0.3) is 0 Å². The van der Waals surface area contributed by atoms with Crippen molar-refractivity contribution in [3.05, 3.63) is 89.2 Å². The molecule has 3 heterocycles. The van der Waals surface area contributed by atoms with Gasteiger partial charge in [0.15, 0.2) is 5.78 Å². The number of carbonyl (C=O) groups excluding carboxylic acids is 4. The number of hydrogen-bond acceptors (Lipinski definition) is 7. The zero-order valence-corrected chi connectivity index (χ0v) is 22.8. The standard InChI is InChI=1S/C31H32N4O5/c1-19(2)30(38)34-14-16-35(17-15-34)31(39)23-7-4-6-22(18-23)26-28(21-10-12-32-13-11-21)33-24-8-5-9-25(40-20(3)36)27(24)29(26)37/h4-13,18-19,26,28,33H,14-17H2,1-3H3. The van der Waals surface area contributed by atoms with Crippen LogP contribution in [0.5, 0.6) is 5.75 Å². The SMILES string of the molecule is CC(=O)Oc1cccc2c1C(=O)C(c1cccc(C(=O)N3CCN(C(=O)C(C)C)CC3)c1)C(c1ccncc1)N2. The molecule has 9 nitrogen and oxygen atoms in total.